The summed E-state index contributed by atoms with van der Waals surface area (Å²) in [5, 5.41) is 14.7. The largest absolute Gasteiger partial charge is 0.380 e. The van der Waals surface area contributed by atoms with E-state index in [0.717, 1.165) is 12.8 Å². The van der Waals surface area contributed by atoms with Crippen molar-refractivity contribution in [1.29, 1.82) is 0 Å². The lowest BCUT2D eigenvalue weighted by molar-refractivity contribution is 0.0112. The summed E-state index contributed by atoms with van der Waals surface area (Å²) < 4.78 is 23.1. The molecule has 5 rings (SSSR count). The molecule has 3 heterocycles. The normalized spacial score (nSPS) is 17.2. The molecule has 0 radical (unpaired) electrons. The quantitative estimate of drug-likeness (QED) is 0.551. The first-order chi connectivity index (χ1) is 14.4. The monoisotopic (exact) mass is 411 g/mol. The molecule has 1 unspecified atom stereocenters. The van der Waals surface area contributed by atoms with Gasteiger partial charge in [0.2, 0.25) is 5.82 Å². The number of hydrogen-bond donors (Lipinski definition) is 1. The van der Waals surface area contributed by atoms with Gasteiger partial charge in [-0.2, -0.15) is 4.98 Å². The van der Waals surface area contributed by atoms with Gasteiger partial charge in [0, 0.05) is 6.04 Å². The number of hydrogen-bond acceptors (Lipinski definition) is 6. The first kappa shape index (κ1) is 18.9. The molecule has 1 N–H and O–H groups in total. The van der Waals surface area contributed by atoms with Crippen LogP contribution in [0.15, 0.2) is 33.8 Å². The second-order valence-corrected chi connectivity index (χ2v) is 8.01. The summed E-state index contributed by atoms with van der Waals surface area (Å²) in [6.07, 6.45) is 5.02. The summed E-state index contributed by atoms with van der Waals surface area (Å²) in [5.74, 6) is -0.186. The number of para-hydroxylation sites is 1. The van der Waals surface area contributed by atoms with Crippen molar-refractivity contribution in [3.05, 3.63) is 46.6 Å². The van der Waals surface area contributed by atoms with Gasteiger partial charge in [-0.15, -0.1) is 0 Å². The highest BCUT2D eigenvalue weighted by molar-refractivity contribution is 5.84. The van der Waals surface area contributed by atoms with Gasteiger partial charge in [0.25, 0.3) is 11.4 Å². The number of nitrogens with zero attached hydrogens (tertiary/aromatic N) is 5. The average molecular weight is 411 g/mol. The molecule has 4 aromatic rings. The molecule has 0 spiro atoms. The summed E-state index contributed by atoms with van der Waals surface area (Å²) in [4.78, 5) is 22.2. The maximum atomic E-state index is 14.7. The van der Waals surface area contributed by atoms with Gasteiger partial charge < -0.3 is 9.63 Å². The van der Waals surface area contributed by atoms with Crippen molar-refractivity contribution < 1.29 is 14.0 Å². The minimum atomic E-state index is -1.13. The number of aliphatic hydroxyl groups is 1. The smallest absolute Gasteiger partial charge is 0.278 e. The molecule has 0 bridgehead atoms. The molecule has 8 nitrogen and oxygen atoms in total. The van der Waals surface area contributed by atoms with Crippen LogP contribution in [-0.2, 0) is 5.60 Å². The minimum absolute atomic E-state index is 0.136. The lowest BCUT2D eigenvalue weighted by Gasteiger charge is -2.18. The molecule has 156 valence electrons. The van der Waals surface area contributed by atoms with Crippen LogP contribution in [0.1, 0.15) is 57.9 Å². The molecule has 0 saturated heterocycles. The predicted molar refractivity (Wildman–Crippen MR) is 108 cm³/mol. The summed E-state index contributed by atoms with van der Waals surface area (Å²) >= 11 is 0. The van der Waals surface area contributed by atoms with Gasteiger partial charge in [0.15, 0.2) is 0 Å². The molecular formula is C21H22FN5O3. The second-order valence-electron chi connectivity index (χ2n) is 8.01. The van der Waals surface area contributed by atoms with Gasteiger partial charge in [0.05, 0.1) is 5.52 Å². The predicted octanol–water partition coefficient (Wildman–Crippen LogP) is 3.57. The van der Waals surface area contributed by atoms with Crippen LogP contribution in [0.5, 0.6) is 0 Å². The molecule has 0 amide bonds. The van der Waals surface area contributed by atoms with Crippen molar-refractivity contribution in [2.75, 3.05) is 0 Å². The summed E-state index contributed by atoms with van der Waals surface area (Å²) in [6.45, 7) is 3.82. The van der Waals surface area contributed by atoms with E-state index in [1.54, 1.807) is 16.5 Å². The fraction of sp³-hybridized carbons (Fsp3) is 0.429. The lowest BCUT2D eigenvalue weighted by Crippen LogP contribution is -2.26. The first-order valence-corrected chi connectivity index (χ1v) is 10.2. The number of aromatic nitrogens is 5. The van der Waals surface area contributed by atoms with E-state index in [-0.39, 0.29) is 40.0 Å². The van der Waals surface area contributed by atoms with E-state index in [2.05, 4.69) is 15.1 Å². The highest BCUT2D eigenvalue weighted by Crippen LogP contribution is 2.38. The lowest BCUT2D eigenvalue weighted by atomic mass is 10.0. The van der Waals surface area contributed by atoms with E-state index in [1.165, 1.54) is 17.0 Å². The molecule has 1 aliphatic carbocycles. The zero-order valence-corrected chi connectivity index (χ0v) is 16.8. The second kappa shape index (κ2) is 6.73. The van der Waals surface area contributed by atoms with Crippen LogP contribution in [0.3, 0.4) is 0 Å². The third-order valence-corrected chi connectivity index (χ3v) is 6.15. The molecule has 1 aromatic carbocycles. The minimum Gasteiger partial charge on any atom is -0.380 e. The highest BCUT2D eigenvalue weighted by atomic mass is 19.1. The van der Waals surface area contributed by atoms with Crippen molar-refractivity contribution in [3.8, 4) is 11.5 Å². The Bertz CT molecular complexity index is 1320. The number of halogens is 1. The van der Waals surface area contributed by atoms with Crippen molar-refractivity contribution in [3.63, 3.8) is 0 Å². The Morgan fingerprint density at radius 1 is 1.30 bits per heavy atom. The van der Waals surface area contributed by atoms with Gasteiger partial charge in [0.1, 0.15) is 34.5 Å². The Hall–Kier alpha value is -3.07. The number of benzene rings is 1. The topological polar surface area (TPSA) is 98.5 Å². The van der Waals surface area contributed by atoms with Crippen molar-refractivity contribution >= 4 is 16.6 Å². The standard InChI is InChI=1S/C21H22FN5O3/c1-3-12(2)27-16-13(22)7-6-8-14(16)26-11-23-15(17(26)19(27)28)18-24-20(30-25-18)21(29)9-4-5-10-21/h6-8,11-12,29H,3-5,9-10H2,1-2H3. The van der Waals surface area contributed by atoms with Gasteiger partial charge in [-0.25, -0.2) is 9.37 Å². The molecule has 3 aromatic heterocycles. The molecule has 9 heteroatoms. The Balaban J connectivity index is 1.78. The number of imidazole rings is 1. The van der Waals surface area contributed by atoms with Gasteiger partial charge >= 0.3 is 0 Å². The van der Waals surface area contributed by atoms with Crippen molar-refractivity contribution in [1.82, 2.24) is 24.1 Å². The Morgan fingerprint density at radius 2 is 2.07 bits per heavy atom. The average Bonchev–Trinajstić information content (AvgIpc) is 3.47. The molecule has 30 heavy (non-hydrogen) atoms. The van der Waals surface area contributed by atoms with Gasteiger partial charge in [-0.1, -0.05) is 18.1 Å². The maximum absolute atomic E-state index is 14.7. The van der Waals surface area contributed by atoms with Crippen LogP contribution >= 0.6 is 0 Å². The molecule has 1 fully saturated rings. The molecule has 0 aliphatic heterocycles. The van der Waals surface area contributed by atoms with Crippen LogP contribution in [0, 0.1) is 5.82 Å². The summed E-state index contributed by atoms with van der Waals surface area (Å²) in [6, 6.07) is 4.48. The van der Waals surface area contributed by atoms with Crippen LogP contribution in [0.2, 0.25) is 0 Å². The Labute approximate surface area is 171 Å². The SMILES string of the molecule is CCC(C)n1c(=O)c2c(-c3noc(C4(O)CCCC4)n3)ncn2c2cccc(F)c21. The fourth-order valence-corrected chi connectivity index (χ4v) is 4.34. The van der Waals surface area contributed by atoms with Crippen LogP contribution < -0.4 is 5.56 Å². The molecule has 1 aliphatic rings. The number of rotatable bonds is 4. The molecule has 1 saturated carbocycles. The third kappa shape index (κ3) is 2.61. The number of fused-ring (bicyclic) bond motifs is 3. The van der Waals surface area contributed by atoms with Crippen LogP contribution in [-0.4, -0.2) is 29.2 Å². The van der Waals surface area contributed by atoms with E-state index in [9.17, 15) is 14.3 Å². The fourth-order valence-electron chi connectivity index (χ4n) is 4.34. The van der Waals surface area contributed by atoms with Crippen LogP contribution in [0.4, 0.5) is 4.39 Å². The molecular weight excluding hydrogens is 389 g/mol. The van der Waals surface area contributed by atoms with Gasteiger partial charge in [-0.05, 0) is 51.2 Å². The van der Waals surface area contributed by atoms with E-state index in [0.29, 0.717) is 24.8 Å². The van der Waals surface area contributed by atoms with E-state index < -0.39 is 11.4 Å². The van der Waals surface area contributed by atoms with E-state index >= 15 is 0 Å². The Kier molecular flexibility index (Phi) is 4.25. The zero-order chi connectivity index (χ0) is 21.0. The molecule has 1 atom stereocenters. The maximum Gasteiger partial charge on any atom is 0.278 e. The first-order valence-electron chi connectivity index (χ1n) is 10.2. The van der Waals surface area contributed by atoms with Gasteiger partial charge in [-0.3, -0.25) is 13.8 Å². The third-order valence-electron chi connectivity index (χ3n) is 6.15. The van der Waals surface area contributed by atoms with Crippen molar-refractivity contribution in [2.24, 2.45) is 0 Å². The van der Waals surface area contributed by atoms with E-state index in [1.807, 2.05) is 13.8 Å². The van der Waals surface area contributed by atoms with E-state index in [4.69, 9.17) is 4.52 Å². The van der Waals surface area contributed by atoms with Crippen LogP contribution in [0.25, 0.3) is 28.1 Å². The zero-order valence-electron chi connectivity index (χ0n) is 16.8. The summed E-state index contributed by atoms with van der Waals surface area (Å²) in [7, 11) is 0. The van der Waals surface area contributed by atoms with Crippen molar-refractivity contribution in [2.45, 2.75) is 57.6 Å². The Morgan fingerprint density at radius 3 is 2.80 bits per heavy atom. The summed E-state index contributed by atoms with van der Waals surface area (Å²) in [5.41, 5.74) is -0.239. The highest BCUT2D eigenvalue weighted by Gasteiger charge is 2.39.